The molecule has 0 heterocycles. The van der Waals surface area contributed by atoms with Gasteiger partial charge in [0.25, 0.3) is 0 Å². The first-order valence-corrected chi connectivity index (χ1v) is 8.75. The van der Waals surface area contributed by atoms with Gasteiger partial charge in [-0.05, 0) is 42.3 Å². The average molecular weight is 396 g/mol. The van der Waals surface area contributed by atoms with E-state index in [1.807, 2.05) is 0 Å². The zero-order valence-electron chi connectivity index (χ0n) is 15.9. The Labute approximate surface area is 166 Å². The van der Waals surface area contributed by atoms with Crippen molar-refractivity contribution in [1.29, 1.82) is 0 Å². The van der Waals surface area contributed by atoms with Gasteiger partial charge in [-0.15, -0.1) is 5.11 Å². The van der Waals surface area contributed by atoms with Crippen LogP contribution >= 0.6 is 0 Å². The molecule has 0 aliphatic heterocycles. The third-order valence-corrected chi connectivity index (χ3v) is 3.71. The SMILES string of the molecule is CCOC(=O)[C@H](Cc1ccc(O)c(N=Nc2ccc(N=[N+]=[N-])cc2)c1)NC(C)=O. The standard InChI is InChI=1S/C19H20N6O4/c1-3-29-19(28)17(21-12(2)26)11-13-4-9-18(27)16(10-13)24-22-14-5-7-15(8-6-14)23-25-20/h4-10,17,27H,3,11H2,1-2H3,(H,21,26)/t17-/m0/s1. The summed E-state index contributed by atoms with van der Waals surface area (Å²) in [6.07, 6.45) is 0.169. The van der Waals surface area contributed by atoms with E-state index in [0.29, 0.717) is 16.9 Å². The van der Waals surface area contributed by atoms with Gasteiger partial charge in [0.15, 0.2) is 0 Å². The molecule has 10 heteroatoms. The van der Waals surface area contributed by atoms with Crippen LogP contribution in [0.15, 0.2) is 57.8 Å². The highest BCUT2D eigenvalue weighted by atomic mass is 16.5. The molecule has 0 unspecified atom stereocenters. The number of aromatic hydroxyl groups is 1. The number of azide groups is 1. The Hall–Kier alpha value is -3.91. The molecule has 150 valence electrons. The lowest BCUT2D eigenvalue weighted by atomic mass is 10.0. The Bertz CT molecular complexity index is 952. The molecule has 0 saturated heterocycles. The topological polar surface area (TPSA) is 149 Å². The van der Waals surface area contributed by atoms with Crippen molar-refractivity contribution in [2.75, 3.05) is 6.61 Å². The number of amides is 1. The van der Waals surface area contributed by atoms with Crippen LogP contribution in [-0.2, 0) is 20.7 Å². The Kier molecular flexibility index (Phi) is 7.69. The molecule has 0 aromatic heterocycles. The maximum absolute atomic E-state index is 12.1. The smallest absolute Gasteiger partial charge is 0.328 e. The third kappa shape index (κ3) is 6.64. The maximum Gasteiger partial charge on any atom is 0.328 e. The predicted octanol–water partition coefficient (Wildman–Crippen LogP) is 4.36. The number of hydrogen-bond donors (Lipinski definition) is 2. The maximum atomic E-state index is 12.1. The minimum Gasteiger partial charge on any atom is -0.506 e. The van der Waals surface area contributed by atoms with E-state index in [-0.39, 0.29) is 30.4 Å². The first kappa shape index (κ1) is 21.4. The average Bonchev–Trinajstić information content (AvgIpc) is 2.69. The highest BCUT2D eigenvalue weighted by molar-refractivity contribution is 5.83. The van der Waals surface area contributed by atoms with Gasteiger partial charge in [-0.1, -0.05) is 23.3 Å². The molecule has 0 bridgehead atoms. The third-order valence-electron chi connectivity index (χ3n) is 3.71. The Morgan fingerprint density at radius 3 is 2.48 bits per heavy atom. The van der Waals surface area contributed by atoms with Crippen LogP contribution in [-0.4, -0.2) is 29.6 Å². The molecule has 1 atom stereocenters. The second-order valence-electron chi connectivity index (χ2n) is 5.94. The molecule has 1 amide bonds. The van der Waals surface area contributed by atoms with Gasteiger partial charge in [0.05, 0.1) is 12.3 Å². The Morgan fingerprint density at radius 1 is 1.17 bits per heavy atom. The van der Waals surface area contributed by atoms with Crippen LogP contribution in [0.5, 0.6) is 5.75 Å². The van der Waals surface area contributed by atoms with E-state index in [2.05, 4.69) is 25.6 Å². The summed E-state index contributed by atoms with van der Waals surface area (Å²) in [7, 11) is 0. The van der Waals surface area contributed by atoms with Gasteiger partial charge in [-0.3, -0.25) is 4.79 Å². The first-order valence-electron chi connectivity index (χ1n) is 8.75. The number of azo groups is 1. The summed E-state index contributed by atoms with van der Waals surface area (Å²) in [5.74, 6) is -0.986. The molecule has 0 spiro atoms. The summed E-state index contributed by atoms with van der Waals surface area (Å²) < 4.78 is 4.99. The van der Waals surface area contributed by atoms with E-state index in [1.165, 1.54) is 13.0 Å². The lowest BCUT2D eigenvalue weighted by Gasteiger charge is -2.16. The molecule has 0 aliphatic carbocycles. The second kappa shape index (κ2) is 10.4. The molecule has 2 aromatic carbocycles. The molecule has 10 nitrogen and oxygen atoms in total. The van der Waals surface area contributed by atoms with Gasteiger partial charge in [-0.25, -0.2) is 4.79 Å². The molecule has 0 aliphatic rings. The van der Waals surface area contributed by atoms with Gasteiger partial charge in [0.1, 0.15) is 17.5 Å². The number of esters is 1. The van der Waals surface area contributed by atoms with Crippen molar-refractivity contribution in [2.24, 2.45) is 15.3 Å². The summed E-state index contributed by atoms with van der Waals surface area (Å²) in [5.41, 5.74) is 10.2. The number of benzene rings is 2. The van der Waals surface area contributed by atoms with Crippen molar-refractivity contribution in [2.45, 2.75) is 26.3 Å². The van der Waals surface area contributed by atoms with Gasteiger partial charge >= 0.3 is 5.97 Å². The molecular formula is C19H20N6O4. The van der Waals surface area contributed by atoms with Gasteiger partial charge in [0.2, 0.25) is 5.91 Å². The molecule has 0 fully saturated rings. The lowest BCUT2D eigenvalue weighted by Crippen LogP contribution is -2.42. The fraction of sp³-hybridized carbons (Fsp3) is 0.263. The summed E-state index contributed by atoms with van der Waals surface area (Å²) in [4.78, 5) is 26.1. The fourth-order valence-corrected chi connectivity index (χ4v) is 2.44. The zero-order chi connectivity index (χ0) is 21.2. The van der Waals surface area contributed by atoms with Crippen molar-refractivity contribution < 1.29 is 19.4 Å². The minimum atomic E-state index is -0.852. The molecule has 29 heavy (non-hydrogen) atoms. The normalized spacial score (nSPS) is 11.5. The largest absolute Gasteiger partial charge is 0.506 e. The van der Waals surface area contributed by atoms with Crippen LogP contribution in [0.4, 0.5) is 17.1 Å². The van der Waals surface area contributed by atoms with Crippen molar-refractivity contribution in [1.82, 2.24) is 5.32 Å². The first-order chi connectivity index (χ1) is 13.9. The van der Waals surface area contributed by atoms with E-state index in [1.54, 1.807) is 43.3 Å². The molecule has 0 radical (unpaired) electrons. The number of carbonyl (C=O) groups is 2. The predicted molar refractivity (Wildman–Crippen MR) is 105 cm³/mol. The number of ether oxygens (including phenoxy) is 1. The van der Waals surface area contributed by atoms with Gasteiger partial charge in [-0.2, -0.15) is 5.11 Å². The number of rotatable bonds is 8. The molecule has 2 aromatic rings. The van der Waals surface area contributed by atoms with Crippen molar-refractivity contribution >= 4 is 28.9 Å². The van der Waals surface area contributed by atoms with E-state index in [9.17, 15) is 14.7 Å². The van der Waals surface area contributed by atoms with Gasteiger partial charge in [0, 0.05) is 23.9 Å². The lowest BCUT2D eigenvalue weighted by molar-refractivity contribution is -0.147. The Morgan fingerprint density at radius 2 is 1.86 bits per heavy atom. The van der Waals surface area contributed by atoms with Crippen LogP contribution in [0.3, 0.4) is 0 Å². The monoisotopic (exact) mass is 396 g/mol. The summed E-state index contributed by atoms with van der Waals surface area (Å²) >= 11 is 0. The zero-order valence-corrected chi connectivity index (χ0v) is 15.9. The molecule has 2 N–H and O–H groups in total. The number of nitrogens with zero attached hydrogens (tertiary/aromatic N) is 5. The number of phenols is 1. The molecule has 2 rings (SSSR count). The number of hydrogen-bond acceptors (Lipinski definition) is 7. The van der Waals surface area contributed by atoms with Crippen molar-refractivity contribution in [3.63, 3.8) is 0 Å². The van der Waals surface area contributed by atoms with Crippen LogP contribution in [0.2, 0.25) is 0 Å². The second-order valence-corrected chi connectivity index (χ2v) is 5.94. The van der Waals surface area contributed by atoms with Crippen molar-refractivity contribution in [3.05, 3.63) is 58.5 Å². The minimum absolute atomic E-state index is 0.0876. The van der Waals surface area contributed by atoms with Gasteiger partial charge < -0.3 is 15.2 Å². The summed E-state index contributed by atoms with van der Waals surface area (Å²) in [6.45, 7) is 3.19. The van der Waals surface area contributed by atoms with E-state index < -0.39 is 12.0 Å². The fourth-order valence-electron chi connectivity index (χ4n) is 2.44. The van der Waals surface area contributed by atoms with E-state index in [0.717, 1.165) is 0 Å². The molecule has 0 saturated carbocycles. The van der Waals surface area contributed by atoms with E-state index in [4.69, 9.17) is 10.3 Å². The van der Waals surface area contributed by atoms with Crippen LogP contribution < -0.4 is 5.32 Å². The number of phenolic OH excluding ortho intramolecular Hbond substituents is 1. The van der Waals surface area contributed by atoms with E-state index >= 15 is 0 Å². The highest BCUT2D eigenvalue weighted by Crippen LogP contribution is 2.30. The van der Waals surface area contributed by atoms with Crippen LogP contribution in [0.25, 0.3) is 10.4 Å². The number of carbonyl (C=O) groups excluding carboxylic acids is 2. The summed E-state index contributed by atoms with van der Waals surface area (Å²) in [6, 6.07) is 10.2. The van der Waals surface area contributed by atoms with Crippen molar-refractivity contribution in [3.8, 4) is 5.75 Å². The van der Waals surface area contributed by atoms with Crippen LogP contribution in [0.1, 0.15) is 19.4 Å². The molecular weight excluding hydrogens is 376 g/mol. The number of nitrogens with one attached hydrogen (secondary N) is 1. The summed E-state index contributed by atoms with van der Waals surface area (Å²) in [5, 5.41) is 24.1. The quantitative estimate of drug-likeness (QED) is 0.295. The van der Waals surface area contributed by atoms with Crippen LogP contribution in [0, 0.1) is 0 Å². The highest BCUT2D eigenvalue weighted by Gasteiger charge is 2.21. The Balaban J connectivity index is 2.20.